The number of rotatable bonds is 8. The van der Waals surface area contributed by atoms with Gasteiger partial charge in [0.05, 0.1) is 13.2 Å². The smallest absolute Gasteiger partial charge is 0.231 e. The molecule has 0 bridgehead atoms. The van der Waals surface area contributed by atoms with E-state index in [1.54, 1.807) is 0 Å². The number of ether oxygens (including phenoxy) is 1. The molecular formula is C15H25N3O2. The molecule has 0 aliphatic carbocycles. The van der Waals surface area contributed by atoms with Crippen molar-refractivity contribution in [3.8, 4) is 5.75 Å². The Labute approximate surface area is 120 Å². The summed E-state index contributed by atoms with van der Waals surface area (Å²) in [5.41, 5.74) is 12.8. The van der Waals surface area contributed by atoms with Crippen LogP contribution >= 0.6 is 0 Å². The molecule has 1 aromatic carbocycles. The topological polar surface area (TPSA) is 81.6 Å². The predicted octanol–water partition coefficient (Wildman–Crippen LogP) is 1.61. The molecule has 0 spiro atoms. The van der Waals surface area contributed by atoms with Gasteiger partial charge in [0.1, 0.15) is 5.75 Å². The molecule has 5 nitrogen and oxygen atoms in total. The van der Waals surface area contributed by atoms with Crippen LogP contribution in [0.15, 0.2) is 18.2 Å². The highest BCUT2D eigenvalue weighted by molar-refractivity contribution is 5.75. The lowest BCUT2D eigenvalue weighted by molar-refractivity contribution is -0.119. The van der Waals surface area contributed by atoms with E-state index in [-0.39, 0.29) is 12.5 Å². The quantitative estimate of drug-likeness (QED) is 0.708. The molecule has 20 heavy (non-hydrogen) atoms. The van der Waals surface area contributed by atoms with Crippen molar-refractivity contribution in [1.82, 2.24) is 4.90 Å². The molecule has 0 aliphatic heterocycles. The molecule has 0 radical (unpaired) electrons. The molecule has 0 aromatic heterocycles. The van der Waals surface area contributed by atoms with Gasteiger partial charge in [-0.15, -0.1) is 0 Å². The molecule has 4 N–H and O–H groups in total. The minimum Gasteiger partial charge on any atom is -0.494 e. The molecule has 0 atom stereocenters. The number of anilines is 1. The van der Waals surface area contributed by atoms with Gasteiger partial charge in [-0.05, 0) is 31.0 Å². The number of benzene rings is 1. The number of nitrogen functional groups attached to an aromatic ring is 1. The summed E-state index contributed by atoms with van der Waals surface area (Å²) in [4.78, 5) is 13.2. The van der Waals surface area contributed by atoms with E-state index in [1.165, 1.54) is 0 Å². The maximum atomic E-state index is 11.2. The monoisotopic (exact) mass is 279 g/mol. The third kappa shape index (κ3) is 5.48. The summed E-state index contributed by atoms with van der Waals surface area (Å²) in [5.74, 6) is 0.929. The summed E-state index contributed by atoms with van der Waals surface area (Å²) in [5, 5.41) is 0. The van der Waals surface area contributed by atoms with Gasteiger partial charge in [0.25, 0.3) is 0 Å². The highest BCUT2D eigenvalue weighted by atomic mass is 16.5. The van der Waals surface area contributed by atoms with Gasteiger partial charge in [-0.3, -0.25) is 9.69 Å². The van der Waals surface area contributed by atoms with Crippen molar-refractivity contribution in [2.75, 3.05) is 25.4 Å². The van der Waals surface area contributed by atoms with E-state index in [9.17, 15) is 4.79 Å². The average Bonchev–Trinajstić information content (AvgIpc) is 2.31. The number of carbonyl (C=O) groups excluding carboxylic acids is 1. The first-order chi connectivity index (χ1) is 9.42. The van der Waals surface area contributed by atoms with E-state index < -0.39 is 0 Å². The van der Waals surface area contributed by atoms with Crippen molar-refractivity contribution in [3.05, 3.63) is 23.8 Å². The van der Waals surface area contributed by atoms with Crippen LogP contribution in [0.3, 0.4) is 0 Å². The van der Waals surface area contributed by atoms with Gasteiger partial charge in [-0.2, -0.15) is 0 Å². The van der Waals surface area contributed by atoms with E-state index in [0.717, 1.165) is 17.9 Å². The molecule has 1 amide bonds. The van der Waals surface area contributed by atoms with Crippen LogP contribution in [0, 0.1) is 5.92 Å². The maximum Gasteiger partial charge on any atom is 0.231 e. The molecule has 1 aromatic rings. The van der Waals surface area contributed by atoms with E-state index in [1.807, 2.05) is 30.0 Å². The number of primary amides is 1. The fraction of sp³-hybridized carbons (Fsp3) is 0.533. The second-order valence-electron chi connectivity index (χ2n) is 5.33. The van der Waals surface area contributed by atoms with Crippen LogP contribution in [-0.4, -0.2) is 30.5 Å². The summed E-state index contributed by atoms with van der Waals surface area (Å²) in [6.45, 7) is 8.38. The number of amides is 1. The Kier molecular flexibility index (Phi) is 6.31. The van der Waals surface area contributed by atoms with Crippen LogP contribution in [0.4, 0.5) is 5.69 Å². The van der Waals surface area contributed by atoms with Crippen molar-refractivity contribution in [3.63, 3.8) is 0 Å². The van der Waals surface area contributed by atoms with Crippen molar-refractivity contribution in [2.24, 2.45) is 11.7 Å². The van der Waals surface area contributed by atoms with Crippen molar-refractivity contribution < 1.29 is 9.53 Å². The summed E-state index contributed by atoms with van der Waals surface area (Å²) < 4.78 is 5.60. The van der Waals surface area contributed by atoms with Crippen molar-refractivity contribution in [1.29, 1.82) is 0 Å². The maximum absolute atomic E-state index is 11.2. The zero-order valence-electron chi connectivity index (χ0n) is 12.6. The number of hydrogen-bond acceptors (Lipinski definition) is 4. The molecule has 0 heterocycles. The van der Waals surface area contributed by atoms with Crippen LogP contribution < -0.4 is 16.2 Å². The fourth-order valence-electron chi connectivity index (χ4n) is 2.18. The molecule has 112 valence electrons. The van der Waals surface area contributed by atoms with E-state index in [2.05, 4.69) is 13.8 Å². The normalized spacial score (nSPS) is 11.1. The third-order valence-corrected chi connectivity index (χ3v) is 2.78. The minimum atomic E-state index is -0.326. The summed E-state index contributed by atoms with van der Waals surface area (Å²) >= 11 is 0. The first-order valence-electron chi connectivity index (χ1n) is 6.94. The molecule has 0 unspecified atom stereocenters. The van der Waals surface area contributed by atoms with Gasteiger partial charge in [0.15, 0.2) is 0 Å². The number of nitrogens with zero attached hydrogens (tertiary/aromatic N) is 1. The predicted molar refractivity (Wildman–Crippen MR) is 81.3 cm³/mol. The number of hydrogen-bond donors (Lipinski definition) is 2. The molecule has 1 rings (SSSR count). The van der Waals surface area contributed by atoms with Crippen LogP contribution in [0.1, 0.15) is 26.3 Å². The minimum absolute atomic E-state index is 0.235. The van der Waals surface area contributed by atoms with Gasteiger partial charge in [-0.25, -0.2) is 0 Å². The number of carbonyl (C=O) groups is 1. The van der Waals surface area contributed by atoms with Crippen LogP contribution in [-0.2, 0) is 11.3 Å². The SMILES string of the molecule is CCOc1ccc(N)cc1CN(CC(N)=O)CC(C)C. The van der Waals surface area contributed by atoms with E-state index in [4.69, 9.17) is 16.2 Å². The molecular weight excluding hydrogens is 254 g/mol. The Morgan fingerprint density at radius 3 is 2.65 bits per heavy atom. The first-order valence-corrected chi connectivity index (χ1v) is 6.94. The third-order valence-electron chi connectivity index (χ3n) is 2.78. The second kappa shape index (κ2) is 7.75. The van der Waals surface area contributed by atoms with Gasteiger partial charge in [0, 0.05) is 24.3 Å². The lowest BCUT2D eigenvalue weighted by Gasteiger charge is -2.24. The largest absolute Gasteiger partial charge is 0.494 e. The van der Waals surface area contributed by atoms with Gasteiger partial charge in [-0.1, -0.05) is 13.8 Å². The lowest BCUT2D eigenvalue weighted by atomic mass is 10.1. The Bertz CT molecular complexity index is 447. The van der Waals surface area contributed by atoms with Crippen LogP contribution in [0.5, 0.6) is 5.75 Å². The average molecular weight is 279 g/mol. The lowest BCUT2D eigenvalue weighted by Crippen LogP contribution is -2.35. The van der Waals surface area contributed by atoms with Gasteiger partial charge < -0.3 is 16.2 Å². The molecule has 0 saturated carbocycles. The number of nitrogens with two attached hydrogens (primary N) is 2. The van der Waals surface area contributed by atoms with Gasteiger partial charge >= 0.3 is 0 Å². The Morgan fingerprint density at radius 1 is 1.40 bits per heavy atom. The molecule has 0 saturated heterocycles. The summed E-state index contributed by atoms with van der Waals surface area (Å²) in [7, 11) is 0. The van der Waals surface area contributed by atoms with Crippen LogP contribution in [0.25, 0.3) is 0 Å². The van der Waals surface area contributed by atoms with Crippen LogP contribution in [0.2, 0.25) is 0 Å². The van der Waals surface area contributed by atoms with Gasteiger partial charge in [0.2, 0.25) is 5.91 Å². The standard InChI is InChI=1S/C15H25N3O2/c1-4-20-14-6-5-13(16)7-12(14)9-18(8-11(2)3)10-15(17)19/h5-7,11H,4,8-10,16H2,1-3H3,(H2,17,19). The van der Waals surface area contributed by atoms with E-state index >= 15 is 0 Å². The Morgan fingerprint density at radius 2 is 2.10 bits per heavy atom. The molecule has 5 heteroatoms. The zero-order valence-corrected chi connectivity index (χ0v) is 12.6. The highest BCUT2D eigenvalue weighted by Gasteiger charge is 2.14. The van der Waals surface area contributed by atoms with E-state index in [0.29, 0.717) is 24.8 Å². The zero-order chi connectivity index (χ0) is 15.1. The molecule has 0 aliphatic rings. The fourth-order valence-corrected chi connectivity index (χ4v) is 2.18. The summed E-state index contributed by atoms with van der Waals surface area (Å²) in [6, 6.07) is 5.57. The second-order valence-corrected chi connectivity index (χ2v) is 5.33. The summed E-state index contributed by atoms with van der Waals surface area (Å²) in [6.07, 6.45) is 0. The molecule has 0 fully saturated rings. The Balaban J connectivity index is 2.90. The Hall–Kier alpha value is -1.75. The highest BCUT2D eigenvalue weighted by Crippen LogP contribution is 2.23. The van der Waals surface area contributed by atoms with Crippen molar-refractivity contribution >= 4 is 11.6 Å². The first kappa shape index (κ1) is 16.3. The van der Waals surface area contributed by atoms with Crippen molar-refractivity contribution in [2.45, 2.75) is 27.3 Å².